The Morgan fingerprint density at radius 1 is 0.881 bits per heavy atom. The summed E-state index contributed by atoms with van der Waals surface area (Å²) in [7, 11) is 0. The molecule has 2 N–H and O–H groups in total. The molecule has 0 radical (unpaired) electrons. The van der Waals surface area contributed by atoms with Gasteiger partial charge in [0.05, 0.1) is 50.1 Å². The highest BCUT2D eigenvalue weighted by atomic mass is 35.5. The molecule has 0 aliphatic rings. The van der Waals surface area contributed by atoms with Crippen LogP contribution in [0.1, 0.15) is 60.2 Å². The predicted octanol–water partition coefficient (Wildman–Crippen LogP) is 9.20. The van der Waals surface area contributed by atoms with Crippen LogP contribution in [0.3, 0.4) is 0 Å². The normalized spacial score (nSPS) is 14.5. The number of carbonyl (C=O) groups is 2. The van der Waals surface area contributed by atoms with Gasteiger partial charge in [0.2, 0.25) is 5.91 Å². The molecule has 0 spiro atoms. The summed E-state index contributed by atoms with van der Waals surface area (Å²) >= 11 is 17.4. The molecule has 2 amide bonds. The first-order valence-corrected chi connectivity index (χ1v) is 12.8. The summed E-state index contributed by atoms with van der Waals surface area (Å²) in [5.74, 6) is -4.81. The minimum Gasteiger partial charge on any atom is -0.336 e. The van der Waals surface area contributed by atoms with Crippen molar-refractivity contribution in [2.45, 2.75) is 57.8 Å². The van der Waals surface area contributed by atoms with Gasteiger partial charge in [0, 0.05) is 0 Å². The fourth-order valence-electron chi connectivity index (χ4n) is 3.75. The van der Waals surface area contributed by atoms with Crippen molar-refractivity contribution in [2.24, 2.45) is 5.41 Å². The maximum Gasteiger partial charge on any atom is 0.417 e. The lowest BCUT2D eigenvalue weighted by Gasteiger charge is -2.27. The number of halogens is 12. The van der Waals surface area contributed by atoms with Crippen LogP contribution in [0.15, 0.2) is 36.4 Å². The highest BCUT2D eigenvalue weighted by Crippen LogP contribution is 2.41. The summed E-state index contributed by atoms with van der Waals surface area (Å²) in [6, 6.07) is 3.93. The topological polar surface area (TPSA) is 58.2 Å². The number of amides is 2. The number of allylic oxidation sites excluding steroid dienone is 1. The lowest BCUT2D eigenvalue weighted by molar-refractivity contribution is -0.165. The predicted molar refractivity (Wildman–Crippen MR) is 140 cm³/mol. The first-order chi connectivity index (χ1) is 18.9. The van der Waals surface area contributed by atoms with E-state index in [9.17, 15) is 49.1 Å². The Morgan fingerprint density at radius 2 is 1.43 bits per heavy atom. The van der Waals surface area contributed by atoms with Gasteiger partial charge in [-0.25, -0.2) is 0 Å². The third kappa shape index (κ3) is 9.70. The Kier molecular flexibility index (Phi) is 10.9. The molecule has 0 saturated carbocycles. The average molecular weight is 672 g/mol. The van der Waals surface area contributed by atoms with Crippen molar-refractivity contribution in [3.63, 3.8) is 0 Å². The molecule has 0 aliphatic heterocycles. The van der Waals surface area contributed by atoms with E-state index in [4.69, 9.17) is 34.8 Å². The summed E-state index contributed by atoms with van der Waals surface area (Å²) in [5.41, 5.74) is -5.19. The molecule has 0 fully saturated rings. The van der Waals surface area contributed by atoms with E-state index >= 15 is 0 Å². The monoisotopic (exact) mass is 670 g/mol. The van der Waals surface area contributed by atoms with E-state index in [0.29, 0.717) is 18.2 Å². The fraction of sp³-hybridized carbons (Fsp3) is 0.385. The van der Waals surface area contributed by atoms with Crippen molar-refractivity contribution in [3.8, 4) is 0 Å². The van der Waals surface area contributed by atoms with Gasteiger partial charge in [-0.15, -0.1) is 0 Å². The molecule has 0 bridgehead atoms. The average Bonchev–Trinajstić information content (AvgIpc) is 2.79. The second kappa shape index (κ2) is 12.9. The minimum absolute atomic E-state index is 0.186. The number of benzene rings is 2. The smallest absolute Gasteiger partial charge is 0.336 e. The standard InChI is InChI=1S/C26H22Cl3F9N2O2/c1-12(40-22(42)23(2,3)11-24(30,31)32)39-21(41)15-6-4-13(8-17(15)26(36,37)38)5-7-16(25(33,34)35)14-9-18(27)20(29)19(28)10-14/h4-10,12,16H,11H2,1-3H3,(H,39,41)(H,40,42)/b7-5+/t12-,16?/m0/s1. The summed E-state index contributed by atoms with van der Waals surface area (Å²) in [5, 5.41) is 3.41. The highest BCUT2D eigenvalue weighted by molar-refractivity contribution is 6.48. The van der Waals surface area contributed by atoms with Crippen LogP contribution >= 0.6 is 34.8 Å². The molecule has 2 rings (SSSR count). The Morgan fingerprint density at radius 3 is 1.90 bits per heavy atom. The molecule has 0 heterocycles. The zero-order valence-electron chi connectivity index (χ0n) is 21.8. The van der Waals surface area contributed by atoms with Crippen LogP contribution in [-0.4, -0.2) is 30.3 Å². The summed E-state index contributed by atoms with van der Waals surface area (Å²) in [6.45, 7) is 3.12. The number of alkyl halides is 9. The highest BCUT2D eigenvalue weighted by Gasteiger charge is 2.42. The Bertz CT molecular complexity index is 1330. The molecular weight excluding hydrogens is 650 g/mol. The minimum atomic E-state index is -5.14. The summed E-state index contributed by atoms with van der Waals surface area (Å²) in [4.78, 5) is 24.9. The zero-order chi connectivity index (χ0) is 32.4. The molecule has 2 aromatic carbocycles. The molecular formula is C26H22Cl3F9N2O2. The number of carbonyl (C=O) groups excluding carboxylic acids is 2. The van der Waals surface area contributed by atoms with E-state index in [1.54, 1.807) is 0 Å². The van der Waals surface area contributed by atoms with E-state index in [2.05, 4.69) is 5.32 Å². The van der Waals surface area contributed by atoms with Crippen LogP contribution in [-0.2, 0) is 11.0 Å². The Hall–Kier alpha value is -2.64. The number of nitrogens with one attached hydrogen (secondary N) is 2. The number of hydrogen-bond acceptors (Lipinski definition) is 2. The second-order valence-corrected chi connectivity index (χ2v) is 11.0. The Labute approximate surface area is 249 Å². The van der Waals surface area contributed by atoms with Gasteiger partial charge in [0.25, 0.3) is 5.91 Å². The van der Waals surface area contributed by atoms with E-state index < -0.39 is 71.0 Å². The molecule has 0 aromatic heterocycles. The number of rotatable bonds is 8. The van der Waals surface area contributed by atoms with Gasteiger partial charge in [-0.3, -0.25) is 9.59 Å². The maximum absolute atomic E-state index is 13.8. The van der Waals surface area contributed by atoms with Gasteiger partial charge in [0.1, 0.15) is 0 Å². The van der Waals surface area contributed by atoms with E-state index in [1.165, 1.54) is 0 Å². The van der Waals surface area contributed by atoms with Crippen LogP contribution in [0, 0.1) is 5.41 Å². The molecule has 2 aromatic rings. The van der Waals surface area contributed by atoms with Crippen molar-refractivity contribution in [2.75, 3.05) is 0 Å². The quantitative estimate of drug-likeness (QED) is 0.167. The zero-order valence-corrected chi connectivity index (χ0v) is 24.0. The first-order valence-electron chi connectivity index (χ1n) is 11.7. The lowest BCUT2D eigenvalue weighted by atomic mass is 9.88. The van der Waals surface area contributed by atoms with E-state index in [1.807, 2.05) is 5.32 Å². The Balaban J connectivity index is 2.35. The van der Waals surface area contributed by atoms with Gasteiger partial charge in [-0.05, 0) is 42.3 Å². The van der Waals surface area contributed by atoms with Crippen LogP contribution in [0.5, 0.6) is 0 Å². The van der Waals surface area contributed by atoms with Crippen LogP contribution in [0.2, 0.25) is 15.1 Å². The van der Waals surface area contributed by atoms with Crippen LogP contribution in [0.4, 0.5) is 39.5 Å². The van der Waals surface area contributed by atoms with Gasteiger partial charge in [0.15, 0.2) is 0 Å². The third-order valence-electron chi connectivity index (χ3n) is 5.74. The maximum atomic E-state index is 13.8. The second-order valence-electron chi connectivity index (χ2n) is 9.82. The van der Waals surface area contributed by atoms with Gasteiger partial charge in [-0.2, -0.15) is 39.5 Å². The lowest BCUT2D eigenvalue weighted by Crippen LogP contribution is -2.50. The SMILES string of the molecule is C[C@@H](NC(=O)c1ccc(/C=C/C(c2cc(Cl)c(Cl)c(Cl)c2)C(F)(F)F)cc1C(F)(F)F)NC(=O)C(C)(C)CC(F)(F)F. The van der Waals surface area contributed by atoms with Crippen LogP contribution in [0.25, 0.3) is 6.08 Å². The van der Waals surface area contributed by atoms with Crippen molar-refractivity contribution in [3.05, 3.63) is 73.7 Å². The van der Waals surface area contributed by atoms with Gasteiger partial charge >= 0.3 is 18.5 Å². The van der Waals surface area contributed by atoms with Gasteiger partial charge in [-0.1, -0.05) is 66.9 Å². The molecule has 0 saturated heterocycles. The van der Waals surface area contributed by atoms with Crippen LogP contribution < -0.4 is 10.6 Å². The number of hydrogen-bond donors (Lipinski definition) is 2. The first kappa shape index (κ1) is 35.6. The van der Waals surface area contributed by atoms with Gasteiger partial charge < -0.3 is 10.6 Å². The third-order valence-corrected chi connectivity index (χ3v) is 6.94. The molecule has 42 heavy (non-hydrogen) atoms. The van der Waals surface area contributed by atoms with Crippen molar-refractivity contribution < 1.29 is 49.1 Å². The molecule has 232 valence electrons. The largest absolute Gasteiger partial charge is 0.417 e. The fourth-order valence-corrected chi connectivity index (χ4v) is 4.37. The molecule has 1 unspecified atom stereocenters. The molecule has 4 nitrogen and oxygen atoms in total. The summed E-state index contributed by atoms with van der Waals surface area (Å²) in [6.07, 6.45) is -16.3. The molecule has 2 atom stereocenters. The van der Waals surface area contributed by atoms with E-state index in [-0.39, 0.29) is 20.6 Å². The van der Waals surface area contributed by atoms with Crippen molar-refractivity contribution in [1.82, 2.24) is 10.6 Å². The summed E-state index contributed by atoms with van der Waals surface area (Å²) < 4.78 is 121. The molecule has 0 aliphatic carbocycles. The van der Waals surface area contributed by atoms with Crippen molar-refractivity contribution in [1.29, 1.82) is 0 Å². The van der Waals surface area contributed by atoms with Crippen molar-refractivity contribution >= 4 is 52.7 Å². The molecule has 16 heteroatoms. The van der Waals surface area contributed by atoms with E-state index in [0.717, 1.165) is 45.0 Å².